The zero-order valence-corrected chi connectivity index (χ0v) is 48.0. The van der Waals surface area contributed by atoms with Gasteiger partial charge >= 0.3 is 0 Å². The molecule has 8 aromatic rings. The van der Waals surface area contributed by atoms with E-state index in [4.69, 9.17) is 48.2 Å². The molecular weight excluding hydrogens is 1030 g/mol. The van der Waals surface area contributed by atoms with Gasteiger partial charge in [0.05, 0.1) is 40.4 Å². The molecule has 1 fully saturated rings. The van der Waals surface area contributed by atoms with E-state index in [0.29, 0.717) is 46.0 Å². The number of aromatic nitrogens is 4. The van der Waals surface area contributed by atoms with Crippen LogP contribution < -0.4 is 25.6 Å². The van der Waals surface area contributed by atoms with Crippen molar-refractivity contribution in [2.24, 2.45) is 0 Å². The van der Waals surface area contributed by atoms with Gasteiger partial charge in [-0.05, 0) is 74.7 Å². The molecule has 0 spiro atoms. The third kappa shape index (κ3) is 12.2. The number of fused-ring (bicyclic) bond motifs is 1. The topological polar surface area (TPSA) is 164 Å². The summed E-state index contributed by atoms with van der Waals surface area (Å²) in [6.45, 7) is 11.7. The second-order valence-corrected chi connectivity index (χ2v) is 25.9. The Bertz CT molecular complexity index is 3090. The smallest absolute Gasteiger partial charge is 0.259 e. The van der Waals surface area contributed by atoms with Crippen LogP contribution in [-0.4, -0.2) is 116 Å². The van der Waals surface area contributed by atoms with Gasteiger partial charge in [-0.15, -0.1) is 0 Å². The van der Waals surface area contributed by atoms with Gasteiger partial charge < -0.3 is 43.2 Å². The molecule has 3 heterocycles. The van der Waals surface area contributed by atoms with Crippen molar-refractivity contribution >= 4 is 49.7 Å². The zero-order chi connectivity index (χ0) is 55.5. The average molecular weight is 1100 g/mol. The molecule has 17 heteroatoms. The van der Waals surface area contributed by atoms with E-state index in [0.717, 1.165) is 11.6 Å². The van der Waals surface area contributed by atoms with E-state index in [1.54, 1.807) is 44.4 Å². The summed E-state index contributed by atoms with van der Waals surface area (Å²) in [6, 6.07) is 56.5. The van der Waals surface area contributed by atoms with Crippen LogP contribution in [0.3, 0.4) is 0 Å². The summed E-state index contributed by atoms with van der Waals surface area (Å²) in [5.41, 5.74) is 8.28. The number of anilines is 1. The van der Waals surface area contributed by atoms with E-state index in [-0.39, 0.29) is 36.9 Å². The van der Waals surface area contributed by atoms with Crippen LogP contribution in [0.2, 0.25) is 12.6 Å². The first-order chi connectivity index (χ1) is 38.4. The van der Waals surface area contributed by atoms with E-state index < -0.39 is 52.8 Å². The molecule has 2 N–H and O–H groups in total. The Balaban J connectivity index is 1.25. The summed E-state index contributed by atoms with van der Waals surface area (Å²) in [4.78, 5) is 29.8. The van der Waals surface area contributed by atoms with Crippen LogP contribution in [0.5, 0.6) is 11.5 Å². The number of carbonyl (C=O) groups excluding carboxylic acids is 1. The Kier molecular flexibility index (Phi) is 18.8. The van der Waals surface area contributed by atoms with Crippen LogP contribution in [0, 0.1) is 0 Å². The second kappa shape index (κ2) is 26.1. The molecule has 2 aromatic heterocycles. The molecule has 9 rings (SSSR count). The fraction of sp³-hybridized carbons (Fsp3) is 0.323. The highest BCUT2D eigenvalue weighted by atomic mass is 31.2. The van der Waals surface area contributed by atoms with Crippen LogP contribution in [-0.2, 0) is 33.6 Å². The molecule has 79 heavy (non-hydrogen) atoms. The maximum Gasteiger partial charge on any atom is 0.259 e. The molecule has 0 aliphatic carbocycles. The summed E-state index contributed by atoms with van der Waals surface area (Å²) in [6.07, 6.45) is -2.71. The monoisotopic (exact) mass is 1100 g/mol. The normalized spacial score (nSPS) is 17.6. The summed E-state index contributed by atoms with van der Waals surface area (Å²) in [5, 5.41) is 2.59. The molecule has 2 unspecified atom stereocenters. The lowest BCUT2D eigenvalue weighted by Gasteiger charge is -2.42. The van der Waals surface area contributed by atoms with E-state index in [2.05, 4.69) is 110 Å². The van der Waals surface area contributed by atoms with Crippen LogP contribution >= 0.6 is 8.53 Å². The third-order valence-electron chi connectivity index (χ3n) is 14.7. The lowest BCUT2D eigenvalue weighted by molar-refractivity contribution is -0.125. The van der Waals surface area contributed by atoms with Gasteiger partial charge in [0.15, 0.2) is 29.6 Å². The van der Waals surface area contributed by atoms with Gasteiger partial charge in [0, 0.05) is 24.8 Å². The molecule has 0 saturated carbocycles. The van der Waals surface area contributed by atoms with Crippen molar-refractivity contribution in [3.63, 3.8) is 0 Å². The van der Waals surface area contributed by atoms with E-state index in [1.807, 2.05) is 97.1 Å². The van der Waals surface area contributed by atoms with Crippen molar-refractivity contribution in [2.75, 3.05) is 46.9 Å². The molecule has 0 amide bonds. The van der Waals surface area contributed by atoms with Crippen molar-refractivity contribution in [3.05, 3.63) is 205 Å². The van der Waals surface area contributed by atoms with Crippen molar-refractivity contribution in [1.29, 1.82) is 0 Å². The number of nitrogen functional groups attached to an aromatic ring is 1. The molecule has 1 aliphatic heterocycles. The number of methoxy groups -OCH3 is 3. The number of nitrogens with two attached hydrogens (primary N) is 1. The Morgan fingerprint density at radius 2 is 1.22 bits per heavy atom. The van der Waals surface area contributed by atoms with Crippen molar-refractivity contribution < 1.29 is 42.3 Å². The minimum atomic E-state index is -2.40. The van der Waals surface area contributed by atoms with Gasteiger partial charge in [-0.1, -0.05) is 163 Å². The minimum absolute atomic E-state index is 0.0476. The van der Waals surface area contributed by atoms with Gasteiger partial charge in [-0.3, -0.25) is 9.36 Å². The van der Waals surface area contributed by atoms with Crippen molar-refractivity contribution in [1.82, 2.24) is 24.2 Å². The highest BCUT2D eigenvalue weighted by Gasteiger charge is 2.57. The average Bonchev–Trinajstić information content (AvgIpc) is 4.12. The number of Topliss-reactive ketones (excluding diaryl/α,β-unsaturated/α-hetero) is 1. The molecule has 15 nitrogen and oxygen atoms in total. The third-order valence-corrected chi connectivity index (χ3v) is 21.2. The van der Waals surface area contributed by atoms with E-state index in [1.165, 1.54) is 16.7 Å². The maximum atomic E-state index is 16.2. The van der Waals surface area contributed by atoms with Gasteiger partial charge in [-0.2, -0.15) is 0 Å². The SMILES string of the molecule is COCCO[C@@H]1[C@H](OP(OCC[Si](C)(c2ccccc2)c2ccccc2)N(C(C)C)C(C)C)[C@@H](C(OC(c2ccccc2)(c2ccc(OC)cc2)c2ccc(OC)cc2)C(=O)c2ccccc2)O[C@H]1n1cnc2c(N)ncnc21. The Morgan fingerprint density at radius 3 is 1.75 bits per heavy atom. The summed E-state index contributed by atoms with van der Waals surface area (Å²) in [7, 11) is 0.506. The zero-order valence-electron chi connectivity index (χ0n) is 46.1. The second-order valence-electron chi connectivity index (χ2n) is 20.2. The number of ketones is 1. The lowest BCUT2D eigenvalue weighted by atomic mass is 9.79. The first-order valence-electron chi connectivity index (χ1n) is 26.7. The highest BCUT2D eigenvalue weighted by Crippen LogP contribution is 2.53. The Hall–Kier alpha value is -6.69. The van der Waals surface area contributed by atoms with E-state index >= 15 is 4.79 Å². The van der Waals surface area contributed by atoms with Crippen LogP contribution in [0.15, 0.2) is 183 Å². The number of ether oxygens (including phenoxy) is 6. The number of imidazole rings is 1. The van der Waals surface area contributed by atoms with Crippen LogP contribution in [0.1, 0.15) is 61.0 Å². The Labute approximate surface area is 465 Å². The number of carbonyl (C=O) groups is 1. The van der Waals surface area contributed by atoms with E-state index in [9.17, 15) is 0 Å². The fourth-order valence-corrected chi connectivity index (χ4v) is 15.8. The molecule has 6 aromatic carbocycles. The number of hydrogen-bond donors (Lipinski definition) is 1. The molecule has 1 saturated heterocycles. The fourth-order valence-electron chi connectivity index (χ4n) is 10.6. The molecule has 0 radical (unpaired) electrons. The number of rotatable bonds is 26. The molecule has 412 valence electrons. The van der Waals surface area contributed by atoms with Gasteiger partial charge in [0.2, 0.25) is 0 Å². The van der Waals surface area contributed by atoms with Crippen molar-refractivity contribution in [3.8, 4) is 11.5 Å². The predicted octanol–water partition coefficient (Wildman–Crippen LogP) is 10.3. The molecular formula is C62H71N6O9PSi. The summed E-state index contributed by atoms with van der Waals surface area (Å²) in [5.74, 6) is 1.12. The first kappa shape index (κ1) is 57.0. The number of nitrogens with zero attached hydrogens (tertiary/aromatic N) is 5. The largest absolute Gasteiger partial charge is 0.497 e. The molecule has 6 atom stereocenters. The Morgan fingerprint density at radius 1 is 0.684 bits per heavy atom. The molecule has 0 bridgehead atoms. The first-order valence-corrected chi connectivity index (χ1v) is 30.5. The highest BCUT2D eigenvalue weighted by molar-refractivity contribution is 7.44. The van der Waals surface area contributed by atoms with Gasteiger partial charge in [0.25, 0.3) is 8.53 Å². The maximum absolute atomic E-state index is 16.2. The number of benzene rings is 6. The summed E-state index contributed by atoms with van der Waals surface area (Å²) >= 11 is 0. The van der Waals surface area contributed by atoms with Crippen molar-refractivity contribution in [2.45, 2.75) is 88.6 Å². The predicted molar refractivity (Wildman–Crippen MR) is 312 cm³/mol. The lowest BCUT2D eigenvalue weighted by Crippen LogP contribution is -2.56. The van der Waals surface area contributed by atoms with Gasteiger partial charge in [-0.25, -0.2) is 19.6 Å². The summed E-state index contributed by atoms with van der Waals surface area (Å²) < 4.78 is 58.6. The minimum Gasteiger partial charge on any atom is -0.497 e. The quantitative estimate of drug-likeness (QED) is 0.0179. The van der Waals surface area contributed by atoms with Crippen LogP contribution in [0.4, 0.5) is 5.82 Å². The van der Waals surface area contributed by atoms with Gasteiger partial charge in [0.1, 0.15) is 55.3 Å². The van der Waals surface area contributed by atoms with Crippen LogP contribution in [0.25, 0.3) is 11.2 Å². The molecule has 1 aliphatic rings. The standard InChI is InChI=1S/C62H71N6O9PSi/c1-43(2)68(44(3)4)78(74-39-40-79(8,51-25-17-11-18-26-51)52-27-19-12-20-28-52)77-57-56(75-61(58(57)73-38-37-70-5)67-42-66-53-59(63)64-41-65-60(53)67)55(54(69)45-21-13-9-14-22-45)76-62(46-23-15-10-16-24-46,47-29-33-49(71-6)34-30-47)48-31-35-50(72-7)36-32-48/h9-36,41-44,55-58,61H,37-40H2,1-8H3,(H2,63,64,65)/t55?,56-,57-,58-,61-,78?/m1/s1. The number of hydrogen-bond acceptors (Lipinski definition) is 14.